The van der Waals surface area contributed by atoms with Crippen LogP contribution in [0.4, 0.5) is 5.82 Å². The van der Waals surface area contributed by atoms with Crippen LogP contribution >= 0.6 is 0 Å². The van der Waals surface area contributed by atoms with Gasteiger partial charge in [-0.15, -0.1) is 0 Å². The van der Waals surface area contributed by atoms with E-state index in [1.54, 1.807) is 0 Å². The maximum atomic E-state index is 4.28. The lowest BCUT2D eigenvalue weighted by Crippen LogP contribution is -2.35. The third-order valence-corrected chi connectivity index (χ3v) is 2.20. The second-order valence-corrected chi connectivity index (χ2v) is 5.08. The first-order chi connectivity index (χ1) is 7.51. The number of rotatable bonds is 5. The van der Waals surface area contributed by atoms with Crippen LogP contribution in [0.25, 0.3) is 0 Å². The first-order valence-corrected chi connectivity index (χ1v) is 5.95. The fraction of sp³-hybridized carbons (Fsp3) is 0.615. The zero-order chi connectivity index (χ0) is 12.0. The normalized spacial score (nSPS) is 11.5. The average Bonchev–Trinajstić information content (AvgIpc) is 2.23. The second kappa shape index (κ2) is 5.85. The van der Waals surface area contributed by atoms with Crippen molar-refractivity contribution < 1.29 is 0 Å². The molecule has 16 heavy (non-hydrogen) atoms. The van der Waals surface area contributed by atoms with Gasteiger partial charge in [-0.2, -0.15) is 0 Å². The van der Waals surface area contributed by atoms with Crippen LogP contribution in [0.1, 0.15) is 39.7 Å². The van der Waals surface area contributed by atoms with Gasteiger partial charge in [-0.1, -0.05) is 6.92 Å². The third kappa shape index (κ3) is 5.12. The Balaban J connectivity index is 2.53. The summed E-state index contributed by atoms with van der Waals surface area (Å²) in [5.74, 6) is 0.968. The van der Waals surface area contributed by atoms with E-state index >= 15 is 0 Å². The van der Waals surface area contributed by atoms with Crippen molar-refractivity contribution in [3.8, 4) is 0 Å². The van der Waals surface area contributed by atoms with E-state index in [0.717, 1.165) is 25.3 Å². The van der Waals surface area contributed by atoms with Crippen molar-refractivity contribution in [1.82, 2.24) is 10.3 Å². The molecule has 1 aromatic heterocycles. The van der Waals surface area contributed by atoms with Crippen molar-refractivity contribution in [3.63, 3.8) is 0 Å². The molecule has 0 bridgehead atoms. The Morgan fingerprint density at radius 2 is 2.06 bits per heavy atom. The minimum atomic E-state index is 0.153. The van der Waals surface area contributed by atoms with E-state index in [1.807, 2.05) is 6.20 Å². The van der Waals surface area contributed by atoms with Crippen LogP contribution in [0.5, 0.6) is 0 Å². The van der Waals surface area contributed by atoms with E-state index in [1.165, 1.54) is 5.56 Å². The fourth-order valence-corrected chi connectivity index (χ4v) is 1.30. The van der Waals surface area contributed by atoms with Crippen molar-refractivity contribution in [2.75, 3.05) is 11.9 Å². The molecule has 0 aliphatic rings. The number of hydrogen-bond acceptors (Lipinski definition) is 3. The standard InChI is InChI=1S/C13H23N3/c1-5-7-14-12-9-11(6-8-15-12)10-16-13(2,3)4/h6,8-9,16H,5,7,10H2,1-4H3,(H,14,15). The Bertz CT molecular complexity index is 315. The lowest BCUT2D eigenvalue weighted by atomic mass is 10.1. The van der Waals surface area contributed by atoms with Crippen LogP contribution in [-0.2, 0) is 6.54 Å². The smallest absolute Gasteiger partial charge is 0.126 e. The molecule has 1 heterocycles. The van der Waals surface area contributed by atoms with E-state index in [4.69, 9.17) is 0 Å². The largest absolute Gasteiger partial charge is 0.370 e. The van der Waals surface area contributed by atoms with Crippen molar-refractivity contribution in [2.45, 2.75) is 46.2 Å². The predicted molar refractivity (Wildman–Crippen MR) is 69.6 cm³/mol. The Labute approximate surface area is 98.7 Å². The monoisotopic (exact) mass is 221 g/mol. The number of anilines is 1. The van der Waals surface area contributed by atoms with Crippen molar-refractivity contribution >= 4 is 5.82 Å². The average molecular weight is 221 g/mol. The van der Waals surface area contributed by atoms with Gasteiger partial charge in [-0.25, -0.2) is 4.98 Å². The van der Waals surface area contributed by atoms with Gasteiger partial charge >= 0.3 is 0 Å². The summed E-state index contributed by atoms with van der Waals surface area (Å²) in [5.41, 5.74) is 1.42. The highest BCUT2D eigenvalue weighted by atomic mass is 15.0. The van der Waals surface area contributed by atoms with Gasteiger partial charge in [0.05, 0.1) is 0 Å². The van der Waals surface area contributed by atoms with Gasteiger partial charge < -0.3 is 10.6 Å². The molecule has 0 saturated heterocycles. The van der Waals surface area contributed by atoms with E-state index in [-0.39, 0.29) is 5.54 Å². The highest BCUT2D eigenvalue weighted by Crippen LogP contribution is 2.08. The maximum absolute atomic E-state index is 4.28. The molecule has 0 saturated carbocycles. The molecule has 0 aliphatic heterocycles. The second-order valence-electron chi connectivity index (χ2n) is 5.08. The molecule has 0 atom stereocenters. The first kappa shape index (κ1) is 13.0. The van der Waals surface area contributed by atoms with Gasteiger partial charge in [0.1, 0.15) is 5.82 Å². The molecule has 0 aliphatic carbocycles. The molecule has 0 fully saturated rings. The zero-order valence-electron chi connectivity index (χ0n) is 10.8. The summed E-state index contributed by atoms with van der Waals surface area (Å²) < 4.78 is 0. The molecular weight excluding hydrogens is 198 g/mol. The highest BCUT2D eigenvalue weighted by Gasteiger charge is 2.08. The van der Waals surface area contributed by atoms with E-state index in [2.05, 4.69) is 55.4 Å². The van der Waals surface area contributed by atoms with Crippen LogP contribution in [-0.4, -0.2) is 17.1 Å². The molecule has 0 aromatic carbocycles. The molecule has 90 valence electrons. The Hall–Kier alpha value is -1.09. The van der Waals surface area contributed by atoms with Crippen LogP contribution in [0, 0.1) is 0 Å². The molecule has 0 amide bonds. The van der Waals surface area contributed by atoms with Crippen LogP contribution in [0.15, 0.2) is 18.3 Å². The third-order valence-electron chi connectivity index (χ3n) is 2.20. The molecule has 0 unspecified atom stereocenters. The summed E-state index contributed by atoms with van der Waals surface area (Å²) in [5, 5.41) is 6.76. The van der Waals surface area contributed by atoms with Crippen molar-refractivity contribution in [2.24, 2.45) is 0 Å². The molecule has 0 radical (unpaired) electrons. The van der Waals surface area contributed by atoms with Gasteiger partial charge in [0, 0.05) is 24.8 Å². The molecule has 1 aromatic rings. The van der Waals surface area contributed by atoms with Crippen molar-refractivity contribution in [3.05, 3.63) is 23.9 Å². The summed E-state index contributed by atoms with van der Waals surface area (Å²) in [6.45, 7) is 10.5. The Morgan fingerprint density at radius 3 is 2.69 bits per heavy atom. The minimum absolute atomic E-state index is 0.153. The van der Waals surface area contributed by atoms with Gasteiger partial charge in [0.15, 0.2) is 0 Å². The topological polar surface area (TPSA) is 37.0 Å². The van der Waals surface area contributed by atoms with Crippen LogP contribution in [0.3, 0.4) is 0 Å². The van der Waals surface area contributed by atoms with Crippen LogP contribution < -0.4 is 10.6 Å². The van der Waals surface area contributed by atoms with Gasteiger partial charge in [0.25, 0.3) is 0 Å². The zero-order valence-corrected chi connectivity index (χ0v) is 10.8. The lowest BCUT2D eigenvalue weighted by Gasteiger charge is -2.20. The predicted octanol–water partition coefficient (Wildman–Crippen LogP) is 2.79. The lowest BCUT2D eigenvalue weighted by molar-refractivity contribution is 0.424. The minimum Gasteiger partial charge on any atom is -0.370 e. The first-order valence-electron chi connectivity index (χ1n) is 5.95. The summed E-state index contributed by atoms with van der Waals surface area (Å²) in [6, 6.07) is 4.16. The molecule has 3 nitrogen and oxygen atoms in total. The van der Waals surface area contributed by atoms with Gasteiger partial charge in [0.2, 0.25) is 0 Å². The summed E-state index contributed by atoms with van der Waals surface area (Å²) in [4.78, 5) is 4.28. The quantitative estimate of drug-likeness (QED) is 0.803. The molecule has 3 heteroatoms. The molecule has 0 spiro atoms. The van der Waals surface area contributed by atoms with Crippen molar-refractivity contribution in [1.29, 1.82) is 0 Å². The SMILES string of the molecule is CCCNc1cc(CNC(C)(C)C)ccn1. The fourth-order valence-electron chi connectivity index (χ4n) is 1.30. The number of aromatic nitrogens is 1. The van der Waals surface area contributed by atoms with E-state index < -0.39 is 0 Å². The Kier molecular flexibility index (Phi) is 4.74. The summed E-state index contributed by atoms with van der Waals surface area (Å²) in [7, 11) is 0. The van der Waals surface area contributed by atoms with Crippen LogP contribution in [0.2, 0.25) is 0 Å². The highest BCUT2D eigenvalue weighted by molar-refractivity contribution is 5.37. The number of nitrogens with zero attached hydrogens (tertiary/aromatic N) is 1. The van der Waals surface area contributed by atoms with E-state index in [0.29, 0.717) is 0 Å². The molecule has 1 rings (SSSR count). The maximum Gasteiger partial charge on any atom is 0.126 e. The number of hydrogen-bond donors (Lipinski definition) is 2. The molecule has 2 N–H and O–H groups in total. The summed E-state index contributed by atoms with van der Waals surface area (Å²) in [6.07, 6.45) is 2.98. The number of nitrogens with one attached hydrogen (secondary N) is 2. The summed E-state index contributed by atoms with van der Waals surface area (Å²) >= 11 is 0. The van der Waals surface area contributed by atoms with E-state index in [9.17, 15) is 0 Å². The molecular formula is C13H23N3. The van der Waals surface area contributed by atoms with Gasteiger partial charge in [-0.3, -0.25) is 0 Å². The Morgan fingerprint density at radius 1 is 1.31 bits per heavy atom. The van der Waals surface area contributed by atoms with Gasteiger partial charge in [-0.05, 0) is 44.9 Å². The number of pyridine rings is 1.